The lowest BCUT2D eigenvalue weighted by Crippen LogP contribution is -2.40. The van der Waals surface area contributed by atoms with Crippen molar-refractivity contribution in [1.82, 2.24) is 0 Å². The lowest BCUT2D eigenvalue weighted by atomic mass is 10.3. The molecule has 0 radical (unpaired) electrons. The van der Waals surface area contributed by atoms with Crippen LogP contribution in [0.5, 0.6) is 5.75 Å². The zero-order chi connectivity index (χ0) is 18.7. The third-order valence-electron chi connectivity index (χ3n) is 1.83. The number of methoxy groups -OCH3 is 1. The largest absolute Gasteiger partial charge is 0.506 e. The van der Waals surface area contributed by atoms with Crippen LogP contribution in [-0.2, 0) is 25.0 Å². The number of rotatable bonds is 5. The Labute approximate surface area is 142 Å². The molecule has 0 atom stereocenters. The van der Waals surface area contributed by atoms with E-state index in [0.29, 0.717) is 0 Å². The monoisotopic (exact) mass is 393 g/mol. The molecule has 1 aromatic carbocycles. The van der Waals surface area contributed by atoms with Crippen molar-refractivity contribution >= 4 is 20.2 Å². The number of ether oxygens (including phenoxy) is 1. The van der Waals surface area contributed by atoms with E-state index >= 15 is 0 Å². The third-order valence-corrected chi connectivity index (χ3v) is 4.67. The molecule has 0 saturated carbocycles. The molecule has 142 valence electrons. The Morgan fingerprint density at radius 1 is 1.08 bits per heavy atom. The van der Waals surface area contributed by atoms with Gasteiger partial charge in [-0.1, -0.05) is 32.0 Å². The minimum absolute atomic E-state index is 0. The van der Waals surface area contributed by atoms with E-state index in [1.807, 2.05) is 20.8 Å². The van der Waals surface area contributed by atoms with Gasteiger partial charge in [0.1, 0.15) is 5.75 Å². The Balaban J connectivity index is -0.000000551. The van der Waals surface area contributed by atoms with Crippen molar-refractivity contribution in [3.8, 4) is 5.75 Å². The third kappa shape index (κ3) is 8.43. The second kappa shape index (κ2) is 12.0. The first kappa shape index (κ1) is 27.4. The molecule has 11 heteroatoms. The lowest BCUT2D eigenvalue weighted by molar-refractivity contribution is 0.155. The molecule has 0 aliphatic heterocycles. The zero-order valence-electron chi connectivity index (χ0n) is 14.1. The second-order valence-corrected chi connectivity index (χ2v) is 6.68. The van der Waals surface area contributed by atoms with Crippen molar-refractivity contribution in [1.29, 1.82) is 0 Å². The molecule has 1 rings (SSSR count). The number of para-hydroxylation sites is 1. The molecular weight excluding hydrogens is 370 g/mol. The van der Waals surface area contributed by atoms with Gasteiger partial charge >= 0.3 is 24.8 Å². The smallest absolute Gasteiger partial charge is 0.385 e. The predicted octanol–water partition coefficient (Wildman–Crippen LogP) is 2.96. The summed E-state index contributed by atoms with van der Waals surface area (Å²) in [6, 6.07) is 6.09. The van der Waals surface area contributed by atoms with E-state index in [0.717, 1.165) is 18.7 Å². The van der Waals surface area contributed by atoms with Crippen LogP contribution in [-0.4, -0.2) is 39.7 Å². The van der Waals surface area contributed by atoms with Crippen molar-refractivity contribution in [2.75, 3.05) is 13.7 Å². The maximum absolute atomic E-state index is 12.8. The van der Waals surface area contributed by atoms with Crippen LogP contribution in [0.1, 0.15) is 20.8 Å². The van der Waals surface area contributed by atoms with Crippen molar-refractivity contribution in [2.45, 2.75) is 25.4 Å². The standard InChI is InChI=1S/C7H6F2O6S2.C3H8O.C2H6.CH3/c8-7(9,16(10,11)12)17(13,14)15-6-4-2-1-3-5-6;1-3-4-2;1-2;/h1-5H,(H,10,11,12);3H2,1-2H3;1-2H3;1H3/q;;;+1. The van der Waals surface area contributed by atoms with Crippen molar-refractivity contribution in [3.63, 3.8) is 0 Å². The van der Waals surface area contributed by atoms with E-state index in [9.17, 15) is 25.6 Å². The van der Waals surface area contributed by atoms with Gasteiger partial charge < -0.3 is 8.92 Å². The molecule has 0 fully saturated rings. The summed E-state index contributed by atoms with van der Waals surface area (Å²) in [7, 11) is -10.3. The number of hydrogen-bond donors (Lipinski definition) is 1. The van der Waals surface area contributed by atoms with Crippen LogP contribution < -0.4 is 4.18 Å². The fourth-order valence-corrected chi connectivity index (χ4v) is 2.38. The van der Waals surface area contributed by atoms with Crippen LogP contribution >= 0.6 is 0 Å². The highest BCUT2D eigenvalue weighted by molar-refractivity contribution is 8.05. The molecule has 24 heavy (non-hydrogen) atoms. The summed E-state index contributed by atoms with van der Waals surface area (Å²) in [5, 5.41) is 0. The SMILES string of the molecule is CC.CCOC.O=S(=O)(O)C(F)(F)S(=O)(=O)Oc1ccccc1.[CH3+]. The predicted molar refractivity (Wildman–Crippen MR) is 87.8 cm³/mol. The molecule has 0 amide bonds. The van der Waals surface area contributed by atoms with Crippen LogP contribution in [0.3, 0.4) is 0 Å². The summed E-state index contributed by atoms with van der Waals surface area (Å²) in [4.78, 5) is 0. The minimum Gasteiger partial charge on any atom is -0.385 e. The number of alkyl halides is 2. The van der Waals surface area contributed by atoms with E-state index in [1.54, 1.807) is 7.11 Å². The first-order valence-electron chi connectivity index (χ1n) is 6.32. The van der Waals surface area contributed by atoms with Crippen LogP contribution in [0.2, 0.25) is 0 Å². The molecule has 0 saturated heterocycles. The average Bonchev–Trinajstić information content (AvgIpc) is 2.49. The van der Waals surface area contributed by atoms with E-state index in [4.69, 9.17) is 4.55 Å². The van der Waals surface area contributed by atoms with Gasteiger partial charge in [0.2, 0.25) is 0 Å². The molecule has 0 bridgehead atoms. The molecule has 0 unspecified atom stereocenters. The maximum Gasteiger partial charge on any atom is 0.506 e. The highest BCUT2D eigenvalue weighted by Crippen LogP contribution is 2.30. The Morgan fingerprint density at radius 3 is 1.75 bits per heavy atom. The Morgan fingerprint density at radius 2 is 1.46 bits per heavy atom. The normalized spacial score (nSPS) is 11.0. The highest BCUT2D eigenvalue weighted by Gasteiger charge is 2.59. The maximum atomic E-state index is 12.8. The number of hydrogen-bond acceptors (Lipinski definition) is 6. The second-order valence-electron chi connectivity index (χ2n) is 3.37. The van der Waals surface area contributed by atoms with Crippen LogP contribution in [0.25, 0.3) is 0 Å². The molecule has 0 aromatic heterocycles. The molecule has 0 aliphatic carbocycles. The quantitative estimate of drug-likeness (QED) is 0.465. The van der Waals surface area contributed by atoms with Gasteiger partial charge in [-0.15, -0.1) is 0 Å². The van der Waals surface area contributed by atoms with E-state index in [2.05, 4.69) is 8.92 Å². The van der Waals surface area contributed by atoms with Gasteiger partial charge in [-0.2, -0.15) is 25.6 Å². The zero-order valence-corrected chi connectivity index (χ0v) is 15.7. The number of benzene rings is 1. The van der Waals surface area contributed by atoms with Crippen molar-refractivity contribution < 1.29 is 39.1 Å². The van der Waals surface area contributed by atoms with Crippen LogP contribution in [0.15, 0.2) is 30.3 Å². The molecular formula is C13H23F2O7S2+. The van der Waals surface area contributed by atoms with E-state index in [1.165, 1.54) is 18.2 Å². The van der Waals surface area contributed by atoms with Gasteiger partial charge in [0.05, 0.1) is 0 Å². The molecule has 1 aromatic rings. The summed E-state index contributed by atoms with van der Waals surface area (Å²) in [6.07, 6.45) is 0. The van der Waals surface area contributed by atoms with Gasteiger partial charge in [-0.3, -0.25) is 4.55 Å². The molecule has 0 spiro atoms. The van der Waals surface area contributed by atoms with Gasteiger partial charge in [0.25, 0.3) is 0 Å². The number of halogens is 2. The average molecular weight is 393 g/mol. The van der Waals surface area contributed by atoms with Crippen LogP contribution in [0, 0.1) is 7.43 Å². The summed E-state index contributed by atoms with van der Waals surface area (Å²) in [6.45, 7) is 6.78. The Hall–Kier alpha value is -1.43. The summed E-state index contributed by atoms with van der Waals surface area (Å²) >= 11 is 0. The topological polar surface area (TPSA) is 107 Å². The summed E-state index contributed by atoms with van der Waals surface area (Å²) in [5.74, 6) is -0.504. The highest BCUT2D eigenvalue weighted by atomic mass is 32.3. The Kier molecular flexibility index (Phi) is 13.7. The van der Waals surface area contributed by atoms with Crippen LogP contribution in [0.4, 0.5) is 8.78 Å². The van der Waals surface area contributed by atoms with Gasteiger partial charge in [-0.25, -0.2) is 0 Å². The lowest BCUT2D eigenvalue weighted by Gasteiger charge is -2.13. The molecule has 0 heterocycles. The fourth-order valence-electron chi connectivity index (χ4n) is 0.780. The van der Waals surface area contributed by atoms with Crippen molar-refractivity contribution in [3.05, 3.63) is 37.8 Å². The molecule has 0 aliphatic rings. The minimum atomic E-state index is -6.13. The summed E-state index contributed by atoms with van der Waals surface area (Å²) in [5.41, 5.74) is 0. The Bertz CT molecular complexity index is 628. The van der Waals surface area contributed by atoms with Gasteiger partial charge in [0.15, 0.2) is 0 Å². The van der Waals surface area contributed by atoms with E-state index in [-0.39, 0.29) is 7.43 Å². The summed E-state index contributed by atoms with van der Waals surface area (Å²) < 4.78 is 79.2. The van der Waals surface area contributed by atoms with Gasteiger partial charge in [-0.05, 0) is 19.1 Å². The first-order chi connectivity index (χ1) is 10.5. The van der Waals surface area contributed by atoms with Gasteiger partial charge in [0, 0.05) is 21.1 Å². The first-order valence-corrected chi connectivity index (χ1v) is 9.17. The molecule has 1 N–H and O–H groups in total. The van der Waals surface area contributed by atoms with E-state index < -0.39 is 30.6 Å². The molecule has 7 nitrogen and oxygen atoms in total. The van der Waals surface area contributed by atoms with Crippen molar-refractivity contribution in [2.24, 2.45) is 0 Å². The fraction of sp³-hybridized carbons (Fsp3) is 0.462.